The first kappa shape index (κ1) is 29.0. The van der Waals surface area contributed by atoms with Gasteiger partial charge in [-0.2, -0.15) is 0 Å². The number of aromatic amines is 1. The Balaban J connectivity index is 1.32. The molecule has 4 aromatic carbocycles. The van der Waals surface area contributed by atoms with Crippen LogP contribution in [-0.4, -0.2) is 43.4 Å². The Morgan fingerprint density at radius 2 is 1.56 bits per heavy atom. The zero-order valence-corrected chi connectivity index (χ0v) is 25.5. The predicted molar refractivity (Wildman–Crippen MR) is 165 cm³/mol. The molecule has 3 atom stereocenters. The predicted octanol–water partition coefficient (Wildman–Crippen LogP) is 6.14. The van der Waals surface area contributed by atoms with Crippen molar-refractivity contribution >= 4 is 42.8 Å². The van der Waals surface area contributed by atoms with E-state index in [2.05, 4.69) is 30.1 Å². The standard InChI is InChI=1S/C30H26N5O6PSe/c1-19-17-35(30(37)32-29(19)36)28-16-24(33-34-31)27(39-28)18-38-42(43,40-25-14-6-10-20-8-2-4-12-22(20)25)41-26-15-7-11-21-9-3-5-13-23(21)26/h2-15,17,24,27-28H,16,18H2,1H3,(H,32,36,37)/t24-,27+,28+/m0/s1. The van der Waals surface area contributed by atoms with Crippen LogP contribution < -0.4 is 20.3 Å². The maximum absolute atomic E-state index is 12.5. The van der Waals surface area contributed by atoms with Gasteiger partial charge in [0.05, 0.1) is 0 Å². The first-order valence-corrected chi connectivity index (χ1v) is 17.2. The normalized spacial score (nSPS) is 18.4. The van der Waals surface area contributed by atoms with Crippen LogP contribution in [0.2, 0.25) is 0 Å². The number of hydrogen-bond acceptors (Lipinski definition) is 7. The van der Waals surface area contributed by atoms with Gasteiger partial charge in [-0.3, -0.25) is 0 Å². The molecule has 2 heterocycles. The van der Waals surface area contributed by atoms with Crippen molar-refractivity contribution in [2.24, 2.45) is 5.11 Å². The van der Waals surface area contributed by atoms with Crippen LogP contribution in [0.4, 0.5) is 0 Å². The van der Waals surface area contributed by atoms with Gasteiger partial charge in [0.25, 0.3) is 0 Å². The molecule has 6 rings (SSSR count). The maximum atomic E-state index is 12.5. The molecule has 0 bridgehead atoms. The SMILES string of the molecule is Cc1cn([C@H]2C[C@H](N=[N+]=[N-])[C@@H](COP(=[Se])(Oc3cccc4ccccc34)Oc3cccc4ccccc34)O2)c(=O)[nH]c1=O. The average molecular weight is 663 g/mol. The van der Waals surface area contributed by atoms with E-state index in [1.54, 1.807) is 6.92 Å². The number of nitrogens with zero attached hydrogens (tertiary/aromatic N) is 4. The summed E-state index contributed by atoms with van der Waals surface area (Å²) >= 11 is 3.04. The molecule has 0 amide bonds. The van der Waals surface area contributed by atoms with Crippen LogP contribution in [-0.2, 0) is 9.26 Å². The van der Waals surface area contributed by atoms with Crippen molar-refractivity contribution in [1.29, 1.82) is 0 Å². The first-order valence-electron chi connectivity index (χ1n) is 13.4. The van der Waals surface area contributed by atoms with Gasteiger partial charge in [0.15, 0.2) is 0 Å². The van der Waals surface area contributed by atoms with Crippen molar-refractivity contribution in [3.8, 4) is 11.5 Å². The number of azide groups is 1. The number of fused-ring (bicyclic) bond motifs is 2. The fourth-order valence-corrected chi connectivity index (χ4v) is 7.72. The Bertz CT molecular complexity index is 1950. The van der Waals surface area contributed by atoms with Crippen LogP contribution in [0.1, 0.15) is 18.2 Å². The molecule has 0 unspecified atom stereocenters. The molecule has 0 spiro atoms. The Hall–Kier alpha value is -4.14. The second-order valence-corrected chi connectivity index (χ2v) is 14.3. The van der Waals surface area contributed by atoms with Gasteiger partial charge >= 0.3 is 254 Å². The minimum atomic E-state index is -3.29. The molecule has 0 aliphatic carbocycles. The molecule has 1 aliphatic heterocycles. The number of aromatic nitrogens is 2. The Labute approximate surface area is 253 Å². The van der Waals surface area contributed by atoms with E-state index in [1.807, 2.05) is 84.9 Å². The number of rotatable bonds is 9. The summed E-state index contributed by atoms with van der Waals surface area (Å²) in [5, 5.41) is 7.65. The third-order valence-corrected chi connectivity index (χ3v) is 10.1. The van der Waals surface area contributed by atoms with E-state index in [4.69, 9.17) is 18.3 Å². The van der Waals surface area contributed by atoms with Crippen LogP contribution in [0, 0.1) is 6.92 Å². The molecule has 5 aromatic rings. The molecule has 1 aliphatic rings. The van der Waals surface area contributed by atoms with E-state index in [9.17, 15) is 15.1 Å². The van der Waals surface area contributed by atoms with Gasteiger partial charge in [-0.25, -0.2) is 0 Å². The van der Waals surface area contributed by atoms with Crippen molar-refractivity contribution < 1.29 is 18.3 Å². The van der Waals surface area contributed by atoms with Gasteiger partial charge in [-0.1, -0.05) is 0 Å². The molecule has 1 saturated heterocycles. The molecule has 0 saturated carbocycles. The summed E-state index contributed by atoms with van der Waals surface area (Å²) in [6.45, 7) is 1.52. The van der Waals surface area contributed by atoms with Crippen LogP contribution in [0.5, 0.6) is 11.5 Å². The molecule has 1 N–H and O–H groups in total. The molecule has 1 aromatic heterocycles. The van der Waals surface area contributed by atoms with Crippen LogP contribution in [0.15, 0.2) is 106 Å². The van der Waals surface area contributed by atoms with Gasteiger partial charge in [-0.05, 0) is 0 Å². The van der Waals surface area contributed by atoms with E-state index >= 15 is 0 Å². The van der Waals surface area contributed by atoms with E-state index in [0.29, 0.717) is 17.1 Å². The Morgan fingerprint density at radius 1 is 0.977 bits per heavy atom. The summed E-state index contributed by atoms with van der Waals surface area (Å²) in [5.41, 5.74) is 8.51. The second-order valence-electron chi connectivity index (χ2n) is 10.00. The zero-order chi connectivity index (χ0) is 30.0. The number of benzene rings is 4. The van der Waals surface area contributed by atoms with Crippen molar-refractivity contribution in [3.63, 3.8) is 0 Å². The fraction of sp³-hybridized carbons (Fsp3) is 0.200. The van der Waals surface area contributed by atoms with Crippen molar-refractivity contribution in [1.82, 2.24) is 9.55 Å². The molecule has 0 radical (unpaired) electrons. The number of H-pyrrole nitrogens is 1. The quantitative estimate of drug-likeness (QED) is 0.0662. The topological polar surface area (TPSA) is 141 Å². The molecule has 1 fully saturated rings. The van der Waals surface area contributed by atoms with Gasteiger partial charge in [-0.15, -0.1) is 0 Å². The van der Waals surface area contributed by atoms with Crippen LogP contribution in [0.3, 0.4) is 0 Å². The van der Waals surface area contributed by atoms with Gasteiger partial charge in [0, 0.05) is 0 Å². The zero-order valence-electron chi connectivity index (χ0n) is 22.9. The average Bonchev–Trinajstić information content (AvgIpc) is 3.41. The molecular weight excluding hydrogens is 636 g/mol. The Morgan fingerprint density at radius 3 is 2.16 bits per heavy atom. The van der Waals surface area contributed by atoms with Gasteiger partial charge in [0.2, 0.25) is 0 Å². The summed E-state index contributed by atoms with van der Waals surface area (Å²) in [6.07, 6.45) is -3.17. The number of hydrogen-bond donors (Lipinski definition) is 1. The molecular formula is C30H26N5O6PSe. The van der Waals surface area contributed by atoms with Crippen molar-refractivity contribution in [2.45, 2.75) is 31.7 Å². The molecule has 218 valence electrons. The summed E-state index contributed by atoms with van der Waals surface area (Å²) in [6, 6.07) is 26.5. The van der Waals surface area contributed by atoms with E-state index in [0.717, 1.165) is 21.5 Å². The van der Waals surface area contributed by atoms with Crippen LogP contribution in [0.25, 0.3) is 32.0 Å². The number of aryl methyl sites for hydroxylation is 1. The van der Waals surface area contributed by atoms with E-state index < -0.39 is 35.8 Å². The van der Waals surface area contributed by atoms with Crippen molar-refractivity contribution in [2.75, 3.05) is 6.61 Å². The monoisotopic (exact) mass is 663 g/mol. The van der Waals surface area contributed by atoms with Crippen molar-refractivity contribution in [3.05, 3.63) is 128 Å². The molecule has 11 nitrogen and oxygen atoms in total. The Kier molecular flexibility index (Phi) is 8.23. The second kappa shape index (κ2) is 12.2. The molecule has 43 heavy (non-hydrogen) atoms. The summed E-state index contributed by atoms with van der Waals surface area (Å²) in [4.78, 5) is 29.7. The van der Waals surface area contributed by atoms with E-state index in [1.165, 1.54) is 10.8 Å². The fourth-order valence-electron chi connectivity index (χ4n) is 5.05. The van der Waals surface area contributed by atoms with Gasteiger partial charge < -0.3 is 0 Å². The van der Waals surface area contributed by atoms with E-state index in [-0.39, 0.29) is 13.0 Å². The number of nitrogens with one attached hydrogen (secondary N) is 1. The van der Waals surface area contributed by atoms with Crippen LogP contribution >= 0.6 is 6.19 Å². The third-order valence-electron chi connectivity index (χ3n) is 7.18. The summed E-state index contributed by atoms with van der Waals surface area (Å²) in [7, 11) is 0. The summed E-state index contributed by atoms with van der Waals surface area (Å²) < 4.78 is 26.9. The van der Waals surface area contributed by atoms with Gasteiger partial charge in [0.1, 0.15) is 0 Å². The number of ether oxygens (including phenoxy) is 1. The first-order chi connectivity index (χ1) is 20.8. The molecule has 13 heteroatoms. The summed E-state index contributed by atoms with van der Waals surface area (Å²) in [5.74, 6) is 1.13. The third kappa shape index (κ3) is 6.17. The minimum absolute atomic E-state index is 0.0758.